The molecule has 0 aliphatic carbocycles. The lowest BCUT2D eigenvalue weighted by Gasteiger charge is -2.34. The van der Waals surface area contributed by atoms with Crippen molar-refractivity contribution < 1.29 is 9.13 Å². The molecule has 0 saturated carbocycles. The number of hydrogen-bond donors (Lipinski definition) is 1. The number of ether oxygens (including phenoxy) is 1. The summed E-state index contributed by atoms with van der Waals surface area (Å²) in [6.07, 6.45) is 6.07. The van der Waals surface area contributed by atoms with E-state index in [0.717, 1.165) is 67.0 Å². The highest BCUT2D eigenvalue weighted by Gasteiger charge is 2.23. The first-order valence-electron chi connectivity index (χ1n) is 14.8. The number of alkyl halides is 1. The number of fused-ring (bicyclic) bond motifs is 5. The summed E-state index contributed by atoms with van der Waals surface area (Å²) in [6, 6.07) is 8.24. The summed E-state index contributed by atoms with van der Waals surface area (Å²) in [6.45, 7) is 7.40. The number of nitrogens with zero attached hydrogens (tertiary/aromatic N) is 10. The van der Waals surface area contributed by atoms with Crippen LogP contribution in [0.3, 0.4) is 0 Å². The Morgan fingerprint density at radius 3 is 2.70 bits per heavy atom. The van der Waals surface area contributed by atoms with Crippen molar-refractivity contribution in [2.45, 2.75) is 25.9 Å². The number of aromatic nitrogens is 8. The van der Waals surface area contributed by atoms with E-state index in [1.807, 2.05) is 25.4 Å². The van der Waals surface area contributed by atoms with Gasteiger partial charge >= 0.3 is 0 Å². The van der Waals surface area contributed by atoms with Crippen LogP contribution < -0.4 is 10.1 Å². The first kappa shape index (κ1) is 27.5. The summed E-state index contributed by atoms with van der Waals surface area (Å²) in [5.41, 5.74) is 4.88. The van der Waals surface area contributed by atoms with Gasteiger partial charge in [0.1, 0.15) is 29.6 Å². The molecule has 5 aromatic rings. The molecule has 1 N–H and O–H groups in total. The van der Waals surface area contributed by atoms with Crippen LogP contribution >= 0.6 is 0 Å². The quantitative estimate of drug-likeness (QED) is 0.330. The van der Waals surface area contributed by atoms with E-state index in [1.54, 1.807) is 17.1 Å². The summed E-state index contributed by atoms with van der Waals surface area (Å²) in [5, 5.41) is 13.9. The number of halogens is 1. The molecule has 0 radical (unpaired) electrons. The molecule has 0 spiro atoms. The van der Waals surface area contributed by atoms with Crippen LogP contribution in [-0.2, 0) is 20.6 Å². The third-order valence-corrected chi connectivity index (χ3v) is 8.54. The Hall–Kier alpha value is -4.36. The molecule has 2 aliphatic rings. The minimum absolute atomic E-state index is 0.0561. The van der Waals surface area contributed by atoms with Crippen molar-refractivity contribution >= 4 is 22.5 Å². The van der Waals surface area contributed by atoms with E-state index in [0.29, 0.717) is 36.5 Å². The monoisotopic (exact) mass is 585 g/mol. The zero-order chi connectivity index (χ0) is 29.5. The van der Waals surface area contributed by atoms with Crippen molar-refractivity contribution in [1.29, 1.82) is 0 Å². The van der Waals surface area contributed by atoms with E-state index in [9.17, 15) is 4.39 Å². The number of pyridine rings is 1. The van der Waals surface area contributed by atoms with Crippen LogP contribution in [0.4, 0.5) is 16.0 Å². The van der Waals surface area contributed by atoms with Crippen LogP contribution in [0, 0.1) is 0 Å². The summed E-state index contributed by atoms with van der Waals surface area (Å²) in [5.74, 6) is 2.47. The van der Waals surface area contributed by atoms with E-state index in [2.05, 4.69) is 60.6 Å². The molecule has 7 heterocycles. The highest BCUT2D eigenvalue weighted by molar-refractivity contribution is 5.93. The number of piperazine rings is 1. The molecule has 12 nitrogen and oxygen atoms in total. The average Bonchev–Trinajstić information content (AvgIpc) is 3.68. The number of rotatable bonds is 5. The second-order valence-electron chi connectivity index (χ2n) is 11.3. The predicted molar refractivity (Wildman–Crippen MR) is 162 cm³/mol. The van der Waals surface area contributed by atoms with E-state index < -0.39 is 0 Å². The molecule has 7 rings (SSSR count). The van der Waals surface area contributed by atoms with Crippen LogP contribution in [0.5, 0.6) is 5.88 Å². The molecule has 1 atom stereocenters. The zero-order valence-electron chi connectivity index (χ0n) is 24.7. The van der Waals surface area contributed by atoms with Crippen molar-refractivity contribution in [2.75, 3.05) is 51.3 Å². The van der Waals surface area contributed by atoms with E-state index in [4.69, 9.17) is 19.8 Å². The molecule has 1 saturated heterocycles. The minimum Gasteiger partial charge on any atom is -0.477 e. The van der Waals surface area contributed by atoms with Crippen LogP contribution in [0.2, 0.25) is 0 Å². The Labute approximate surface area is 249 Å². The Bertz CT molecular complexity index is 1750. The van der Waals surface area contributed by atoms with Gasteiger partial charge in [0, 0.05) is 89.3 Å². The lowest BCUT2D eigenvalue weighted by Crippen LogP contribution is -2.46. The SMILES string of the molecule is C[C@H]1CCOc2c(cnn2C)-c2nccc(n2)Nc2cc3c(cn2)c(-c2ccc(CN4CCN(CCF)CC4)n2C)nn31. The van der Waals surface area contributed by atoms with Gasteiger partial charge in [-0.3, -0.25) is 14.5 Å². The standard InChI is InChI=1S/C30H36FN11O/c1-20-7-15-43-30-23(18-34-39(30)3)29-32-9-6-26(36-29)35-27-16-25-22(17-33-27)28(37-42(20)25)24-5-4-21(38(24)2)19-41-13-11-40(10-8-31)12-14-41/h4-6,9,16-18,20H,7-8,10-15,19H2,1-3H3,(H,32,33,35,36)/t20-/m0/s1. The highest BCUT2D eigenvalue weighted by atomic mass is 19.1. The van der Waals surface area contributed by atoms with Crippen molar-refractivity contribution in [3.8, 4) is 28.7 Å². The highest BCUT2D eigenvalue weighted by Crippen LogP contribution is 2.34. The Kier molecular flexibility index (Phi) is 7.27. The number of aryl methyl sites for hydroxylation is 1. The van der Waals surface area contributed by atoms with Gasteiger partial charge in [-0.15, -0.1) is 0 Å². The van der Waals surface area contributed by atoms with Gasteiger partial charge in [-0.1, -0.05) is 0 Å². The average molecular weight is 586 g/mol. The maximum atomic E-state index is 12.8. The summed E-state index contributed by atoms with van der Waals surface area (Å²) < 4.78 is 25.0. The van der Waals surface area contributed by atoms with E-state index in [1.165, 1.54) is 5.69 Å². The molecule has 0 unspecified atom stereocenters. The number of hydrogen-bond acceptors (Lipinski definition) is 9. The van der Waals surface area contributed by atoms with Gasteiger partial charge in [0.05, 0.1) is 30.1 Å². The van der Waals surface area contributed by atoms with Gasteiger partial charge < -0.3 is 14.6 Å². The first-order chi connectivity index (χ1) is 21.0. The van der Waals surface area contributed by atoms with Gasteiger partial charge in [0.25, 0.3) is 0 Å². The second kappa shape index (κ2) is 11.4. The molecule has 4 bridgehead atoms. The molecule has 2 aliphatic heterocycles. The molecule has 43 heavy (non-hydrogen) atoms. The smallest absolute Gasteiger partial charge is 0.222 e. The predicted octanol–water partition coefficient (Wildman–Crippen LogP) is 3.80. The van der Waals surface area contributed by atoms with Crippen LogP contribution in [-0.4, -0.2) is 94.9 Å². The molecule has 0 amide bonds. The molecule has 0 aromatic carbocycles. The van der Waals surface area contributed by atoms with Crippen molar-refractivity contribution in [3.05, 3.63) is 48.5 Å². The maximum Gasteiger partial charge on any atom is 0.222 e. The second-order valence-corrected chi connectivity index (χ2v) is 11.3. The van der Waals surface area contributed by atoms with Gasteiger partial charge in [-0.2, -0.15) is 10.2 Å². The molecular weight excluding hydrogens is 549 g/mol. The summed E-state index contributed by atoms with van der Waals surface area (Å²) in [7, 11) is 3.95. The zero-order valence-corrected chi connectivity index (χ0v) is 24.7. The molecule has 5 aromatic heterocycles. The van der Waals surface area contributed by atoms with E-state index >= 15 is 0 Å². The first-order valence-corrected chi connectivity index (χ1v) is 14.8. The summed E-state index contributed by atoms with van der Waals surface area (Å²) in [4.78, 5) is 18.6. The van der Waals surface area contributed by atoms with Crippen LogP contribution in [0.1, 0.15) is 25.1 Å². The summed E-state index contributed by atoms with van der Waals surface area (Å²) >= 11 is 0. The van der Waals surface area contributed by atoms with Gasteiger partial charge in [0.2, 0.25) is 5.88 Å². The fraction of sp³-hybridized carbons (Fsp3) is 0.433. The Morgan fingerprint density at radius 1 is 1.02 bits per heavy atom. The van der Waals surface area contributed by atoms with Gasteiger partial charge in [0.15, 0.2) is 5.82 Å². The van der Waals surface area contributed by atoms with Crippen molar-refractivity contribution in [3.63, 3.8) is 0 Å². The fourth-order valence-electron chi connectivity index (χ4n) is 5.98. The molecular formula is C30H36FN11O. The minimum atomic E-state index is -0.285. The van der Waals surface area contributed by atoms with E-state index in [-0.39, 0.29) is 12.7 Å². The number of nitrogens with one attached hydrogen (secondary N) is 1. The Balaban J connectivity index is 1.22. The van der Waals surface area contributed by atoms with Gasteiger partial charge in [-0.25, -0.2) is 24.0 Å². The largest absolute Gasteiger partial charge is 0.477 e. The van der Waals surface area contributed by atoms with Crippen molar-refractivity contribution in [1.82, 2.24) is 48.9 Å². The lowest BCUT2D eigenvalue weighted by atomic mass is 10.2. The molecule has 13 heteroatoms. The molecule has 1 fully saturated rings. The topological polar surface area (TPSA) is 107 Å². The maximum absolute atomic E-state index is 12.8. The lowest BCUT2D eigenvalue weighted by molar-refractivity contribution is 0.119. The molecule has 224 valence electrons. The fourth-order valence-corrected chi connectivity index (χ4v) is 5.98. The third kappa shape index (κ3) is 5.23. The van der Waals surface area contributed by atoms with Crippen LogP contribution in [0.25, 0.3) is 33.7 Å². The Morgan fingerprint density at radius 2 is 1.86 bits per heavy atom. The van der Waals surface area contributed by atoms with Crippen LogP contribution in [0.15, 0.2) is 42.9 Å². The normalized spacial score (nSPS) is 17.9. The van der Waals surface area contributed by atoms with Crippen molar-refractivity contribution in [2.24, 2.45) is 14.1 Å². The van der Waals surface area contributed by atoms with Gasteiger partial charge in [-0.05, 0) is 25.1 Å². The third-order valence-electron chi connectivity index (χ3n) is 8.54. The number of anilines is 2.